The third-order valence-corrected chi connectivity index (χ3v) is 7.50. The third kappa shape index (κ3) is 6.95. The van der Waals surface area contributed by atoms with E-state index >= 15 is 0 Å². The third-order valence-electron chi connectivity index (χ3n) is 6.57. The molecule has 0 aliphatic rings. The first-order chi connectivity index (χ1) is 18.5. The first kappa shape index (κ1) is 28.1. The highest BCUT2D eigenvalue weighted by Crippen LogP contribution is 2.26. The summed E-state index contributed by atoms with van der Waals surface area (Å²) in [7, 11) is 0. The minimum atomic E-state index is -0.183. The lowest BCUT2D eigenvalue weighted by molar-refractivity contribution is -0.113. The Morgan fingerprint density at radius 1 is 0.923 bits per heavy atom. The Kier molecular flexibility index (Phi) is 8.55. The van der Waals surface area contributed by atoms with Gasteiger partial charge < -0.3 is 10.6 Å². The maximum Gasteiger partial charge on any atom is 0.251 e. The Labute approximate surface area is 234 Å². The number of aryl methyl sites for hydroxylation is 2. The summed E-state index contributed by atoms with van der Waals surface area (Å²) < 4.78 is 1.93. The van der Waals surface area contributed by atoms with E-state index in [0.717, 1.165) is 28.1 Å². The first-order valence-corrected chi connectivity index (χ1v) is 13.9. The fourth-order valence-electron chi connectivity index (χ4n) is 4.16. The average Bonchev–Trinajstić information content (AvgIpc) is 3.29. The molecule has 0 bridgehead atoms. The van der Waals surface area contributed by atoms with Crippen LogP contribution in [-0.4, -0.2) is 32.3 Å². The molecule has 2 N–H and O–H groups in total. The molecular formula is C31H35N5O2S. The van der Waals surface area contributed by atoms with Crippen LogP contribution < -0.4 is 10.6 Å². The number of thioether (sulfide) groups is 1. The lowest BCUT2D eigenvalue weighted by atomic mass is 9.87. The van der Waals surface area contributed by atoms with Crippen molar-refractivity contribution < 1.29 is 9.59 Å². The number of anilines is 1. The number of carbonyl (C=O) groups excluding carboxylic acids is 2. The molecule has 3 aromatic carbocycles. The summed E-state index contributed by atoms with van der Waals surface area (Å²) in [6.07, 6.45) is 0. The molecule has 0 aliphatic carbocycles. The van der Waals surface area contributed by atoms with E-state index in [1.807, 2.05) is 92.1 Å². The van der Waals surface area contributed by atoms with E-state index in [4.69, 9.17) is 0 Å². The second-order valence-corrected chi connectivity index (χ2v) is 11.6. The zero-order valence-corrected chi connectivity index (χ0v) is 24.1. The van der Waals surface area contributed by atoms with E-state index in [1.54, 1.807) is 0 Å². The van der Waals surface area contributed by atoms with Gasteiger partial charge in [0.05, 0.1) is 18.0 Å². The normalized spacial score (nSPS) is 11.3. The van der Waals surface area contributed by atoms with Gasteiger partial charge in [0.25, 0.3) is 5.91 Å². The number of carbonyl (C=O) groups is 2. The zero-order valence-electron chi connectivity index (χ0n) is 23.3. The quantitative estimate of drug-likeness (QED) is 0.261. The van der Waals surface area contributed by atoms with Gasteiger partial charge in [-0.1, -0.05) is 68.9 Å². The Morgan fingerprint density at radius 3 is 2.33 bits per heavy atom. The van der Waals surface area contributed by atoms with Crippen molar-refractivity contribution in [3.63, 3.8) is 0 Å². The number of benzene rings is 3. The molecule has 0 atom stereocenters. The lowest BCUT2D eigenvalue weighted by Crippen LogP contribution is -2.25. The maximum atomic E-state index is 12.9. The molecule has 2 amide bonds. The van der Waals surface area contributed by atoms with Crippen molar-refractivity contribution in [2.24, 2.45) is 0 Å². The molecule has 0 saturated heterocycles. The van der Waals surface area contributed by atoms with Gasteiger partial charge in [-0.2, -0.15) is 0 Å². The van der Waals surface area contributed by atoms with E-state index in [0.29, 0.717) is 16.5 Å². The van der Waals surface area contributed by atoms with Crippen LogP contribution in [0.25, 0.3) is 5.69 Å². The molecule has 0 aliphatic heterocycles. The summed E-state index contributed by atoms with van der Waals surface area (Å²) in [5.41, 5.74) is 6.73. The molecule has 0 unspecified atom stereocenters. The highest BCUT2D eigenvalue weighted by Gasteiger charge is 2.19. The summed E-state index contributed by atoms with van der Waals surface area (Å²) in [6, 6.07) is 21.4. The van der Waals surface area contributed by atoms with Gasteiger partial charge in [-0.15, -0.1) is 10.2 Å². The van der Waals surface area contributed by atoms with Crippen LogP contribution in [0.3, 0.4) is 0 Å². The summed E-state index contributed by atoms with van der Waals surface area (Å²) in [5.74, 6) is 0.445. The molecule has 39 heavy (non-hydrogen) atoms. The van der Waals surface area contributed by atoms with Crippen molar-refractivity contribution in [2.75, 3.05) is 11.1 Å². The van der Waals surface area contributed by atoms with Crippen molar-refractivity contribution in [1.29, 1.82) is 0 Å². The standard InChI is InChI=1S/C31H35N5O2S/c1-20-9-7-11-25(17-20)33-28(37)19-39-30-35-34-27(36(30)26-12-8-10-21(2)22(26)3)18-32-29(38)23-13-15-24(16-14-23)31(4,5)6/h7-17H,18-19H2,1-6H3,(H,32,38)(H,33,37). The predicted molar refractivity (Wildman–Crippen MR) is 158 cm³/mol. The van der Waals surface area contributed by atoms with Gasteiger partial charge in [0.1, 0.15) is 0 Å². The predicted octanol–water partition coefficient (Wildman–Crippen LogP) is 6.15. The van der Waals surface area contributed by atoms with Crippen LogP contribution in [0, 0.1) is 20.8 Å². The number of hydrogen-bond donors (Lipinski definition) is 2. The molecule has 8 heteroatoms. The van der Waals surface area contributed by atoms with Gasteiger partial charge in [-0.05, 0) is 78.8 Å². The molecule has 1 heterocycles. The molecule has 0 radical (unpaired) electrons. The summed E-state index contributed by atoms with van der Waals surface area (Å²) in [6.45, 7) is 12.7. The van der Waals surface area contributed by atoms with Crippen molar-refractivity contribution in [2.45, 2.75) is 58.7 Å². The summed E-state index contributed by atoms with van der Waals surface area (Å²) in [4.78, 5) is 25.6. The highest BCUT2D eigenvalue weighted by atomic mass is 32.2. The van der Waals surface area contributed by atoms with Gasteiger partial charge >= 0.3 is 0 Å². The van der Waals surface area contributed by atoms with Gasteiger partial charge in [-0.3, -0.25) is 14.2 Å². The Hall–Kier alpha value is -3.91. The molecule has 7 nitrogen and oxygen atoms in total. The Morgan fingerprint density at radius 2 is 1.64 bits per heavy atom. The summed E-state index contributed by atoms with van der Waals surface area (Å²) >= 11 is 1.31. The average molecular weight is 542 g/mol. The van der Waals surface area contributed by atoms with Crippen LogP contribution in [0.4, 0.5) is 5.69 Å². The van der Waals surface area contributed by atoms with Crippen molar-refractivity contribution in [3.8, 4) is 5.69 Å². The largest absolute Gasteiger partial charge is 0.345 e. The molecule has 4 aromatic rings. The lowest BCUT2D eigenvalue weighted by Gasteiger charge is -2.19. The van der Waals surface area contributed by atoms with Crippen molar-refractivity contribution in [3.05, 3.63) is 100 Å². The van der Waals surface area contributed by atoms with E-state index in [9.17, 15) is 9.59 Å². The van der Waals surface area contributed by atoms with Crippen LogP contribution in [0.5, 0.6) is 0 Å². The van der Waals surface area contributed by atoms with E-state index in [1.165, 1.54) is 17.3 Å². The molecule has 0 fully saturated rings. The van der Waals surface area contributed by atoms with Gasteiger partial charge in [0.2, 0.25) is 5.91 Å². The van der Waals surface area contributed by atoms with Crippen LogP contribution in [-0.2, 0) is 16.8 Å². The second kappa shape index (κ2) is 11.9. The number of nitrogens with one attached hydrogen (secondary N) is 2. The van der Waals surface area contributed by atoms with E-state index in [2.05, 4.69) is 41.6 Å². The molecule has 1 aromatic heterocycles. The number of aromatic nitrogens is 3. The van der Waals surface area contributed by atoms with Crippen molar-refractivity contribution >= 4 is 29.3 Å². The topological polar surface area (TPSA) is 88.9 Å². The monoisotopic (exact) mass is 541 g/mol. The maximum absolute atomic E-state index is 12.9. The number of amides is 2. The van der Waals surface area contributed by atoms with Crippen LogP contribution in [0.15, 0.2) is 71.9 Å². The fourth-order valence-corrected chi connectivity index (χ4v) is 4.92. The van der Waals surface area contributed by atoms with E-state index < -0.39 is 0 Å². The Bertz CT molecular complexity index is 1490. The number of nitrogens with zero attached hydrogens (tertiary/aromatic N) is 3. The van der Waals surface area contributed by atoms with Crippen LogP contribution in [0.1, 0.15) is 59.2 Å². The molecular weight excluding hydrogens is 506 g/mol. The SMILES string of the molecule is Cc1cccc(NC(=O)CSc2nnc(CNC(=O)c3ccc(C(C)(C)C)cc3)n2-c2cccc(C)c2C)c1. The second-order valence-electron chi connectivity index (χ2n) is 10.7. The van der Waals surface area contributed by atoms with Crippen LogP contribution in [0.2, 0.25) is 0 Å². The zero-order chi connectivity index (χ0) is 28.2. The molecule has 0 saturated carbocycles. The molecule has 4 rings (SSSR count). The molecule has 0 spiro atoms. The Balaban J connectivity index is 1.53. The number of hydrogen-bond acceptors (Lipinski definition) is 5. The fraction of sp³-hybridized carbons (Fsp3) is 0.290. The summed E-state index contributed by atoms with van der Waals surface area (Å²) in [5, 5.41) is 15.3. The van der Waals surface area contributed by atoms with E-state index in [-0.39, 0.29) is 29.5 Å². The van der Waals surface area contributed by atoms with Gasteiger partial charge in [-0.25, -0.2) is 0 Å². The van der Waals surface area contributed by atoms with Crippen molar-refractivity contribution in [1.82, 2.24) is 20.1 Å². The van der Waals surface area contributed by atoms with Gasteiger partial charge in [0, 0.05) is 11.3 Å². The van der Waals surface area contributed by atoms with Gasteiger partial charge in [0.15, 0.2) is 11.0 Å². The first-order valence-electron chi connectivity index (χ1n) is 12.9. The molecule has 202 valence electrons. The minimum absolute atomic E-state index is 0.0160. The minimum Gasteiger partial charge on any atom is -0.345 e. The van der Waals surface area contributed by atoms with Crippen LogP contribution >= 0.6 is 11.8 Å². The highest BCUT2D eigenvalue weighted by molar-refractivity contribution is 7.99. The number of rotatable bonds is 8. The smallest absolute Gasteiger partial charge is 0.251 e.